The maximum Gasteiger partial charge on any atom is 0.203 e. The van der Waals surface area contributed by atoms with Crippen LogP contribution in [0.5, 0.6) is 0 Å². The molecular weight excluding hydrogens is 306 g/mol. The van der Waals surface area contributed by atoms with Gasteiger partial charge in [0.05, 0.1) is 6.26 Å². The van der Waals surface area contributed by atoms with E-state index in [-0.39, 0.29) is 6.04 Å². The summed E-state index contributed by atoms with van der Waals surface area (Å²) >= 11 is 0. The highest BCUT2D eigenvalue weighted by Gasteiger charge is 2.28. The summed E-state index contributed by atoms with van der Waals surface area (Å²) in [4.78, 5) is 6.84. The van der Waals surface area contributed by atoms with E-state index in [1.54, 1.807) is 18.8 Å². The Balaban J connectivity index is 1.64. The van der Waals surface area contributed by atoms with E-state index in [0.717, 1.165) is 37.3 Å². The minimum atomic E-state index is -0.608. The summed E-state index contributed by atoms with van der Waals surface area (Å²) < 4.78 is 7.24. The van der Waals surface area contributed by atoms with E-state index in [0.29, 0.717) is 12.2 Å². The van der Waals surface area contributed by atoms with Gasteiger partial charge in [0.25, 0.3) is 0 Å². The lowest BCUT2D eigenvalue weighted by Crippen LogP contribution is -2.37. The number of anilines is 1. The van der Waals surface area contributed by atoms with Crippen LogP contribution >= 0.6 is 0 Å². The second kappa shape index (κ2) is 6.60. The van der Waals surface area contributed by atoms with E-state index >= 15 is 0 Å². The zero-order valence-electron chi connectivity index (χ0n) is 13.5. The molecule has 0 radical (unpaired) electrons. The molecule has 7 nitrogen and oxygen atoms in total. The smallest absolute Gasteiger partial charge is 0.203 e. The first-order valence-electron chi connectivity index (χ1n) is 8.45. The molecule has 0 spiro atoms. The Morgan fingerprint density at radius 2 is 2.29 bits per heavy atom. The monoisotopic (exact) mass is 327 g/mol. The van der Waals surface area contributed by atoms with Crippen molar-refractivity contribution in [2.45, 2.75) is 44.2 Å². The van der Waals surface area contributed by atoms with E-state index < -0.39 is 6.10 Å². The lowest BCUT2D eigenvalue weighted by atomic mass is 10.0. The predicted octanol–water partition coefficient (Wildman–Crippen LogP) is 2.59. The molecule has 4 heterocycles. The van der Waals surface area contributed by atoms with Crippen molar-refractivity contribution in [1.29, 1.82) is 0 Å². The number of aliphatic hydroxyl groups is 1. The number of fused-ring (bicyclic) bond motifs is 1. The van der Waals surface area contributed by atoms with Crippen molar-refractivity contribution in [3.8, 4) is 0 Å². The van der Waals surface area contributed by atoms with Gasteiger partial charge >= 0.3 is 0 Å². The first-order valence-corrected chi connectivity index (χ1v) is 8.45. The molecule has 126 valence electrons. The molecule has 1 saturated heterocycles. The van der Waals surface area contributed by atoms with Gasteiger partial charge in [-0.25, -0.2) is 4.98 Å². The average Bonchev–Trinajstić information content (AvgIpc) is 3.24. The molecule has 4 rings (SSSR count). The van der Waals surface area contributed by atoms with E-state index in [1.807, 2.05) is 22.7 Å². The molecule has 7 heteroatoms. The fourth-order valence-corrected chi connectivity index (χ4v) is 3.50. The van der Waals surface area contributed by atoms with Gasteiger partial charge in [-0.1, -0.05) is 12.8 Å². The van der Waals surface area contributed by atoms with Gasteiger partial charge in [-0.15, -0.1) is 10.2 Å². The third-order valence-corrected chi connectivity index (χ3v) is 4.71. The van der Waals surface area contributed by atoms with Crippen LogP contribution in [0.3, 0.4) is 0 Å². The predicted molar refractivity (Wildman–Crippen MR) is 88.7 cm³/mol. The number of hydrogen-bond acceptors (Lipinski definition) is 6. The zero-order chi connectivity index (χ0) is 16.4. The van der Waals surface area contributed by atoms with Gasteiger partial charge < -0.3 is 14.4 Å². The van der Waals surface area contributed by atoms with Crippen LogP contribution < -0.4 is 4.90 Å². The van der Waals surface area contributed by atoms with Crippen molar-refractivity contribution in [3.63, 3.8) is 0 Å². The topological polar surface area (TPSA) is 79.7 Å². The van der Waals surface area contributed by atoms with Crippen molar-refractivity contribution < 1.29 is 9.52 Å². The first-order chi connectivity index (χ1) is 11.8. The Hall–Kier alpha value is -2.41. The van der Waals surface area contributed by atoms with E-state index in [1.165, 1.54) is 6.42 Å². The fourth-order valence-electron chi connectivity index (χ4n) is 3.50. The number of rotatable bonds is 4. The molecule has 1 aliphatic heterocycles. The van der Waals surface area contributed by atoms with Gasteiger partial charge in [-0.3, -0.25) is 4.40 Å². The van der Waals surface area contributed by atoms with Gasteiger partial charge in [-0.05, 0) is 25.0 Å². The molecule has 1 aliphatic rings. The van der Waals surface area contributed by atoms with Crippen LogP contribution in [-0.2, 0) is 0 Å². The molecular formula is C17H21N5O2. The lowest BCUT2D eigenvalue weighted by molar-refractivity contribution is 0.129. The first kappa shape index (κ1) is 15.1. The molecule has 2 atom stereocenters. The van der Waals surface area contributed by atoms with Gasteiger partial charge in [0.15, 0.2) is 5.82 Å². The highest BCUT2D eigenvalue weighted by Crippen LogP contribution is 2.30. The normalized spacial score (nSPS) is 20.2. The van der Waals surface area contributed by atoms with Crippen molar-refractivity contribution in [1.82, 2.24) is 19.6 Å². The summed E-state index contributed by atoms with van der Waals surface area (Å²) in [5.41, 5.74) is 0.761. The van der Waals surface area contributed by atoms with Crippen LogP contribution in [0, 0.1) is 0 Å². The van der Waals surface area contributed by atoms with Gasteiger partial charge in [0.2, 0.25) is 5.65 Å². The molecule has 3 aromatic heterocycles. The SMILES string of the molecule is OC(CC1CCCCCN1c1nccn2cnnc12)c1ccco1. The average molecular weight is 327 g/mol. The molecule has 1 fully saturated rings. The van der Waals surface area contributed by atoms with Gasteiger partial charge in [-0.2, -0.15) is 0 Å². The highest BCUT2D eigenvalue weighted by atomic mass is 16.4. The second-order valence-corrected chi connectivity index (χ2v) is 6.28. The van der Waals surface area contributed by atoms with Crippen molar-refractivity contribution in [3.05, 3.63) is 42.9 Å². The summed E-state index contributed by atoms with van der Waals surface area (Å²) in [5.74, 6) is 1.46. The number of hydrogen-bond donors (Lipinski definition) is 1. The maximum absolute atomic E-state index is 10.5. The van der Waals surface area contributed by atoms with E-state index in [2.05, 4.69) is 20.1 Å². The zero-order valence-corrected chi connectivity index (χ0v) is 13.5. The molecule has 3 aromatic rings. The van der Waals surface area contributed by atoms with Gasteiger partial charge in [0.1, 0.15) is 18.2 Å². The van der Waals surface area contributed by atoms with Crippen LogP contribution in [0.1, 0.15) is 44.0 Å². The third-order valence-electron chi connectivity index (χ3n) is 4.71. The van der Waals surface area contributed by atoms with Crippen molar-refractivity contribution in [2.24, 2.45) is 0 Å². The van der Waals surface area contributed by atoms with Crippen molar-refractivity contribution >= 4 is 11.5 Å². The summed E-state index contributed by atoms with van der Waals surface area (Å²) in [6, 6.07) is 3.83. The van der Waals surface area contributed by atoms with Gasteiger partial charge in [0, 0.05) is 31.4 Å². The van der Waals surface area contributed by atoms with Crippen molar-refractivity contribution in [2.75, 3.05) is 11.4 Å². The summed E-state index contributed by atoms with van der Waals surface area (Å²) in [7, 11) is 0. The van der Waals surface area contributed by atoms with E-state index in [9.17, 15) is 5.11 Å². The quantitative estimate of drug-likeness (QED) is 0.793. The number of furan rings is 1. The molecule has 2 unspecified atom stereocenters. The number of aliphatic hydroxyl groups excluding tert-OH is 1. The fraction of sp³-hybridized carbons (Fsp3) is 0.471. The molecule has 0 aromatic carbocycles. The molecule has 0 aliphatic carbocycles. The Labute approximate surface area is 139 Å². The molecule has 0 amide bonds. The van der Waals surface area contributed by atoms with Crippen LogP contribution in [0.25, 0.3) is 5.65 Å². The molecule has 24 heavy (non-hydrogen) atoms. The Morgan fingerprint density at radius 3 is 3.17 bits per heavy atom. The maximum atomic E-state index is 10.5. The van der Waals surface area contributed by atoms with Crippen LogP contribution in [-0.4, -0.2) is 37.3 Å². The Bertz CT molecular complexity index is 785. The largest absolute Gasteiger partial charge is 0.467 e. The van der Waals surface area contributed by atoms with E-state index in [4.69, 9.17) is 4.42 Å². The van der Waals surface area contributed by atoms with Crippen LogP contribution in [0.4, 0.5) is 5.82 Å². The standard InChI is InChI=1S/C17H21N5O2/c23-14(15-6-4-10-24-15)11-13-5-2-1-3-8-22(13)16-17-20-19-12-21(17)9-7-18-16/h4,6-7,9-10,12-14,23H,1-3,5,8,11H2. The number of nitrogens with zero attached hydrogens (tertiary/aromatic N) is 5. The molecule has 1 N–H and O–H groups in total. The number of aromatic nitrogens is 4. The minimum Gasteiger partial charge on any atom is -0.467 e. The molecule has 0 saturated carbocycles. The Morgan fingerprint density at radius 1 is 1.33 bits per heavy atom. The summed E-state index contributed by atoms with van der Waals surface area (Å²) in [6.45, 7) is 0.912. The second-order valence-electron chi connectivity index (χ2n) is 6.28. The molecule has 0 bridgehead atoms. The van der Waals surface area contributed by atoms with Crippen LogP contribution in [0.15, 0.2) is 41.5 Å². The minimum absolute atomic E-state index is 0.197. The third kappa shape index (κ3) is 2.87. The summed E-state index contributed by atoms with van der Waals surface area (Å²) in [5, 5.41) is 18.7. The summed E-state index contributed by atoms with van der Waals surface area (Å²) in [6.07, 6.45) is 11.4. The van der Waals surface area contributed by atoms with Crippen LogP contribution in [0.2, 0.25) is 0 Å². The highest BCUT2D eigenvalue weighted by molar-refractivity contribution is 5.63. The Kier molecular flexibility index (Phi) is 4.17. The lowest BCUT2D eigenvalue weighted by Gasteiger charge is -2.32.